The van der Waals surface area contributed by atoms with Crippen LogP contribution >= 0.6 is 31.0 Å². The van der Waals surface area contributed by atoms with Crippen molar-refractivity contribution in [3.63, 3.8) is 0 Å². The van der Waals surface area contributed by atoms with Crippen LogP contribution in [0.25, 0.3) is 5.52 Å². The summed E-state index contributed by atoms with van der Waals surface area (Å²) < 4.78 is 42.5. The van der Waals surface area contributed by atoms with Crippen molar-refractivity contribution < 1.29 is 42.9 Å². The monoisotopic (exact) mass is 855 g/mol. The van der Waals surface area contributed by atoms with Crippen molar-refractivity contribution >= 4 is 42.4 Å². The largest absolute Gasteiger partial charge is 0.472 e. The summed E-state index contributed by atoms with van der Waals surface area (Å²) >= 11 is 12.2. The number of aliphatic hydroxyl groups is 2. The number of aromatic nitrogens is 3. The molecule has 318 valence electrons. The first kappa shape index (κ1) is 47.3. The van der Waals surface area contributed by atoms with Crippen LogP contribution in [0, 0.1) is 11.3 Å². The van der Waals surface area contributed by atoms with Gasteiger partial charge in [-0.2, -0.15) is 10.4 Å². The number of nitrogens with two attached hydrogens (primary N) is 1. The van der Waals surface area contributed by atoms with Crippen LogP contribution in [0.2, 0.25) is 10.0 Å². The first-order valence-electron chi connectivity index (χ1n) is 20.3. The van der Waals surface area contributed by atoms with Crippen LogP contribution in [0.15, 0.2) is 36.7 Å². The lowest BCUT2D eigenvalue weighted by atomic mass is 9.92. The van der Waals surface area contributed by atoms with Gasteiger partial charge >= 0.3 is 7.82 Å². The van der Waals surface area contributed by atoms with Gasteiger partial charge in [-0.25, -0.2) is 14.1 Å². The molecule has 0 aliphatic carbocycles. The second-order valence-electron chi connectivity index (χ2n) is 14.7. The molecule has 0 saturated carbocycles. The van der Waals surface area contributed by atoms with Gasteiger partial charge in [-0.3, -0.25) is 9.05 Å². The zero-order valence-corrected chi connectivity index (χ0v) is 35.4. The molecule has 1 aliphatic rings. The molecule has 57 heavy (non-hydrogen) atoms. The topological polar surface area (TPSA) is 204 Å². The van der Waals surface area contributed by atoms with Crippen molar-refractivity contribution in [1.82, 2.24) is 14.6 Å². The Bertz CT molecular complexity index is 1730. The lowest BCUT2D eigenvalue weighted by Crippen LogP contribution is -2.41. The summed E-state index contributed by atoms with van der Waals surface area (Å²) in [6, 6.07) is 9.98. The SMILES string of the molecule is CCCCCCCCCCCCCCCCCCOC[C@H](COP(=O)(O)OC[C@H]1O[C@@](C#N)(c2ccc3c(N)ncnn23)[C@H](O)[C@@H]1O)OCc1ccc(Cl)c(Cl)c1. The van der Waals surface area contributed by atoms with E-state index in [1.54, 1.807) is 18.2 Å². The van der Waals surface area contributed by atoms with Gasteiger partial charge in [0, 0.05) is 6.61 Å². The molecule has 1 fully saturated rings. The number of anilines is 1. The minimum absolute atomic E-state index is 0.0770. The summed E-state index contributed by atoms with van der Waals surface area (Å²) in [5, 5.41) is 36.8. The van der Waals surface area contributed by atoms with Crippen LogP contribution < -0.4 is 5.73 Å². The van der Waals surface area contributed by atoms with E-state index in [-0.39, 0.29) is 31.3 Å². The molecule has 3 heterocycles. The van der Waals surface area contributed by atoms with E-state index in [0.29, 0.717) is 22.2 Å². The van der Waals surface area contributed by atoms with E-state index >= 15 is 0 Å². The Labute approximate surface area is 346 Å². The molecule has 0 spiro atoms. The van der Waals surface area contributed by atoms with Gasteiger partial charge in [-0.05, 0) is 36.2 Å². The van der Waals surface area contributed by atoms with E-state index in [1.165, 1.54) is 106 Å². The van der Waals surface area contributed by atoms with E-state index in [1.807, 2.05) is 6.07 Å². The first-order chi connectivity index (χ1) is 27.5. The number of nitrogen functional groups attached to an aromatic ring is 1. The van der Waals surface area contributed by atoms with Crippen molar-refractivity contribution in [2.24, 2.45) is 0 Å². The third-order valence-corrected chi connectivity index (χ3v) is 11.9. The van der Waals surface area contributed by atoms with Crippen molar-refractivity contribution in [2.75, 3.05) is 32.2 Å². The number of benzene rings is 1. The Morgan fingerprint density at radius 2 is 1.56 bits per heavy atom. The molecule has 4 rings (SSSR count). The summed E-state index contributed by atoms with van der Waals surface area (Å²) in [7, 11) is -4.76. The average Bonchev–Trinajstić information content (AvgIpc) is 3.75. The normalized spacial score (nSPS) is 21.2. The number of halogens is 2. The molecule has 1 aliphatic heterocycles. The van der Waals surface area contributed by atoms with E-state index in [2.05, 4.69) is 17.0 Å². The highest BCUT2D eigenvalue weighted by Crippen LogP contribution is 2.46. The number of nitriles is 1. The van der Waals surface area contributed by atoms with Crippen LogP contribution in [-0.4, -0.2) is 80.5 Å². The fourth-order valence-electron chi connectivity index (χ4n) is 6.89. The Morgan fingerprint density at radius 1 is 0.930 bits per heavy atom. The van der Waals surface area contributed by atoms with Crippen LogP contribution in [0.1, 0.15) is 121 Å². The predicted octanol–water partition coefficient (Wildman–Crippen LogP) is 8.45. The minimum atomic E-state index is -4.76. The number of unbranched alkanes of at least 4 members (excludes halogenated alkanes) is 15. The second kappa shape index (κ2) is 24.6. The number of fused-ring (bicyclic) bond motifs is 1. The Morgan fingerprint density at radius 3 is 2.18 bits per heavy atom. The molecule has 17 heteroatoms. The Kier molecular flexibility index (Phi) is 20.4. The quantitative estimate of drug-likeness (QED) is 0.0383. The van der Waals surface area contributed by atoms with Crippen molar-refractivity contribution in [3.05, 3.63) is 58.0 Å². The maximum absolute atomic E-state index is 13.0. The fraction of sp³-hybridized carbons (Fsp3) is 0.675. The molecule has 1 aromatic carbocycles. The fourth-order valence-corrected chi connectivity index (χ4v) is 7.97. The molecule has 5 N–H and O–H groups in total. The lowest BCUT2D eigenvalue weighted by molar-refractivity contribution is -0.0690. The summed E-state index contributed by atoms with van der Waals surface area (Å²) in [5.41, 5.74) is 4.97. The van der Waals surface area contributed by atoms with Crippen molar-refractivity contribution in [3.8, 4) is 6.07 Å². The molecule has 1 saturated heterocycles. The Hall–Kier alpha value is -2.38. The number of aliphatic hydroxyl groups excluding tert-OH is 2. The molecule has 0 bridgehead atoms. The third kappa shape index (κ3) is 14.7. The molecule has 0 amide bonds. The molecule has 1 unspecified atom stereocenters. The van der Waals surface area contributed by atoms with Crippen molar-refractivity contribution in [1.29, 1.82) is 5.26 Å². The lowest BCUT2D eigenvalue weighted by Gasteiger charge is -2.24. The Balaban J connectivity index is 1.18. The molecular weight excluding hydrogens is 796 g/mol. The van der Waals surface area contributed by atoms with Gasteiger partial charge in [0.15, 0.2) is 5.82 Å². The number of rotatable bonds is 29. The summed E-state index contributed by atoms with van der Waals surface area (Å²) in [5.74, 6) is 0.125. The maximum atomic E-state index is 13.0. The van der Waals surface area contributed by atoms with Gasteiger partial charge in [0.05, 0.1) is 42.2 Å². The second-order valence-corrected chi connectivity index (χ2v) is 17.0. The highest BCUT2D eigenvalue weighted by atomic mass is 35.5. The molecule has 0 radical (unpaired) electrons. The van der Waals surface area contributed by atoms with E-state index < -0.39 is 44.4 Å². The summed E-state index contributed by atoms with van der Waals surface area (Å²) in [4.78, 5) is 14.5. The van der Waals surface area contributed by atoms with Gasteiger partial charge in [-0.1, -0.05) is 133 Å². The zero-order chi connectivity index (χ0) is 41.1. The number of ether oxygens (including phenoxy) is 3. The molecule has 2 aromatic heterocycles. The highest BCUT2D eigenvalue weighted by molar-refractivity contribution is 7.47. The van der Waals surface area contributed by atoms with Gasteiger partial charge in [-0.15, -0.1) is 0 Å². The van der Waals surface area contributed by atoms with Gasteiger partial charge in [0.2, 0.25) is 5.60 Å². The number of phosphoric ester groups is 1. The van der Waals surface area contributed by atoms with Crippen LogP contribution in [0.5, 0.6) is 0 Å². The standard InChI is InChI=1S/C40H60Cl2N5O9P/c1-2-3-4-5-6-7-8-9-10-11-12-13-14-15-16-17-22-52-25-31(53-24-30-18-19-32(41)33(42)23-30)26-54-57(50,51)55-27-35-37(48)38(49)40(28-43,56-35)36-21-20-34-39(44)45-29-46-47(34)36/h18-21,23,29,31,35,37-38,48-49H,2-17,22,24-27H2,1H3,(H,50,51)(H2,44,45,46)/t31-,35-,37-,38-,40+/m1/s1. The average molecular weight is 857 g/mol. The first-order valence-corrected chi connectivity index (χ1v) is 22.6. The summed E-state index contributed by atoms with van der Waals surface area (Å²) in [6.45, 7) is 1.87. The number of nitrogens with zero attached hydrogens (tertiary/aromatic N) is 4. The van der Waals surface area contributed by atoms with Gasteiger partial charge < -0.3 is 35.1 Å². The van der Waals surface area contributed by atoms with Crippen LogP contribution in [0.3, 0.4) is 0 Å². The third-order valence-electron chi connectivity index (χ3n) is 10.2. The molecule has 6 atom stereocenters. The van der Waals surface area contributed by atoms with E-state index in [9.17, 15) is 24.9 Å². The number of hydrogen-bond donors (Lipinski definition) is 4. The van der Waals surface area contributed by atoms with Crippen LogP contribution in [-0.2, 0) is 40.0 Å². The molecular formula is C40H60Cl2N5O9P. The van der Waals surface area contributed by atoms with Crippen molar-refractivity contribution in [2.45, 2.75) is 146 Å². The smallest absolute Gasteiger partial charge is 0.387 e. The predicted molar refractivity (Wildman–Crippen MR) is 219 cm³/mol. The summed E-state index contributed by atoms with van der Waals surface area (Å²) in [6.07, 6.45) is 16.0. The van der Waals surface area contributed by atoms with E-state index in [4.69, 9.17) is 52.2 Å². The number of hydrogen-bond acceptors (Lipinski definition) is 12. The highest BCUT2D eigenvalue weighted by Gasteiger charge is 2.58. The van der Waals surface area contributed by atoms with Gasteiger partial charge in [0.25, 0.3) is 0 Å². The van der Waals surface area contributed by atoms with Gasteiger partial charge in [0.1, 0.15) is 42.3 Å². The maximum Gasteiger partial charge on any atom is 0.472 e. The minimum Gasteiger partial charge on any atom is -0.387 e. The van der Waals surface area contributed by atoms with E-state index in [0.717, 1.165) is 24.8 Å². The van der Waals surface area contributed by atoms with Crippen LogP contribution in [0.4, 0.5) is 5.82 Å². The number of phosphoric acid groups is 1. The molecule has 3 aromatic rings. The zero-order valence-electron chi connectivity index (χ0n) is 33.0. The molecule has 14 nitrogen and oxygen atoms in total.